The number of carbonyl (C=O) groups is 2. The summed E-state index contributed by atoms with van der Waals surface area (Å²) in [5, 5.41) is 5.47. The van der Waals surface area contributed by atoms with E-state index in [1.807, 2.05) is 26.0 Å². The van der Waals surface area contributed by atoms with Crippen molar-refractivity contribution in [1.29, 1.82) is 0 Å². The predicted octanol–water partition coefficient (Wildman–Crippen LogP) is 3.39. The van der Waals surface area contributed by atoms with Gasteiger partial charge in [0.1, 0.15) is 0 Å². The van der Waals surface area contributed by atoms with Gasteiger partial charge in [0, 0.05) is 5.69 Å². The molecular formula is C19H32ClN3O2. The Bertz CT molecular complexity index is 586. The molecule has 0 saturated heterocycles. The Hall–Kier alpha value is -1.59. The lowest BCUT2D eigenvalue weighted by molar-refractivity contribution is -0.125. The molecule has 1 rings (SSSR count). The minimum absolute atomic E-state index is 0. The van der Waals surface area contributed by atoms with E-state index in [1.54, 1.807) is 0 Å². The van der Waals surface area contributed by atoms with Crippen LogP contribution >= 0.6 is 12.4 Å². The number of nitrogens with one attached hydrogen (secondary N) is 2. The van der Waals surface area contributed by atoms with Crippen LogP contribution in [0.4, 0.5) is 5.69 Å². The Kier molecular flexibility index (Phi) is 9.75. The van der Waals surface area contributed by atoms with Gasteiger partial charge in [-0.2, -0.15) is 0 Å². The molecule has 0 saturated carbocycles. The van der Waals surface area contributed by atoms with E-state index in [0.717, 1.165) is 11.3 Å². The Morgan fingerprint density at radius 2 is 1.64 bits per heavy atom. The predicted molar refractivity (Wildman–Crippen MR) is 106 cm³/mol. The lowest BCUT2D eigenvalue weighted by Crippen LogP contribution is -2.46. The van der Waals surface area contributed by atoms with Gasteiger partial charge >= 0.3 is 0 Å². The molecule has 1 aromatic rings. The number of hydrogen-bond acceptors (Lipinski definition) is 3. The Balaban J connectivity index is 0.00000576. The summed E-state index contributed by atoms with van der Waals surface area (Å²) in [5.74, 6) is 0.203. The number of halogens is 1. The second-order valence-electron chi connectivity index (χ2n) is 7.19. The van der Waals surface area contributed by atoms with Crippen LogP contribution in [-0.4, -0.2) is 24.4 Å². The zero-order valence-corrected chi connectivity index (χ0v) is 16.9. The molecule has 25 heavy (non-hydrogen) atoms. The first-order chi connectivity index (χ1) is 11.1. The number of benzene rings is 1. The van der Waals surface area contributed by atoms with Crippen LogP contribution in [0, 0.1) is 5.92 Å². The number of hydrogen-bond donors (Lipinski definition) is 3. The van der Waals surface area contributed by atoms with Crippen molar-refractivity contribution in [3.05, 3.63) is 29.3 Å². The fraction of sp³-hybridized carbons (Fsp3) is 0.579. The second-order valence-corrected chi connectivity index (χ2v) is 7.19. The lowest BCUT2D eigenvalue weighted by atomic mass is 9.94. The summed E-state index contributed by atoms with van der Waals surface area (Å²) < 4.78 is 0. The van der Waals surface area contributed by atoms with Crippen LogP contribution in [0.2, 0.25) is 0 Å². The Morgan fingerprint density at radius 1 is 1.04 bits per heavy atom. The summed E-state index contributed by atoms with van der Waals surface area (Å²) >= 11 is 0. The molecule has 142 valence electrons. The molecule has 2 amide bonds. The topological polar surface area (TPSA) is 84.2 Å². The van der Waals surface area contributed by atoms with Gasteiger partial charge in [0.2, 0.25) is 11.8 Å². The zero-order valence-electron chi connectivity index (χ0n) is 16.1. The number of carbonyl (C=O) groups excluding carboxylic acids is 2. The van der Waals surface area contributed by atoms with Crippen molar-refractivity contribution in [3.8, 4) is 0 Å². The van der Waals surface area contributed by atoms with E-state index in [2.05, 4.69) is 44.4 Å². The van der Waals surface area contributed by atoms with Gasteiger partial charge in [-0.3, -0.25) is 9.59 Å². The molecule has 0 bridgehead atoms. The highest BCUT2D eigenvalue weighted by molar-refractivity contribution is 5.95. The smallest absolute Gasteiger partial charge is 0.243 e. The van der Waals surface area contributed by atoms with E-state index in [0.29, 0.717) is 11.8 Å². The van der Waals surface area contributed by atoms with E-state index < -0.39 is 6.04 Å². The molecule has 1 aromatic carbocycles. The summed E-state index contributed by atoms with van der Waals surface area (Å²) in [6, 6.07) is 5.50. The summed E-state index contributed by atoms with van der Waals surface area (Å²) in [5.41, 5.74) is 8.90. The Morgan fingerprint density at radius 3 is 2.12 bits per heavy atom. The molecule has 0 fully saturated rings. The molecule has 0 radical (unpaired) electrons. The van der Waals surface area contributed by atoms with Gasteiger partial charge in [-0.25, -0.2) is 0 Å². The Labute approximate surface area is 157 Å². The quantitative estimate of drug-likeness (QED) is 0.688. The van der Waals surface area contributed by atoms with Crippen molar-refractivity contribution < 1.29 is 9.59 Å². The van der Waals surface area contributed by atoms with E-state index in [1.165, 1.54) is 5.56 Å². The van der Waals surface area contributed by atoms with E-state index in [4.69, 9.17) is 5.73 Å². The summed E-state index contributed by atoms with van der Waals surface area (Å²) in [6.45, 7) is 12.1. The van der Waals surface area contributed by atoms with Gasteiger partial charge < -0.3 is 16.4 Å². The molecule has 5 nitrogen and oxygen atoms in total. The number of rotatable bonds is 7. The van der Waals surface area contributed by atoms with Crippen LogP contribution in [0.1, 0.15) is 64.5 Å². The molecule has 6 heteroatoms. The minimum Gasteiger partial charge on any atom is -0.346 e. The summed E-state index contributed by atoms with van der Waals surface area (Å²) in [4.78, 5) is 24.0. The first-order valence-electron chi connectivity index (χ1n) is 8.60. The molecule has 0 aromatic heterocycles. The fourth-order valence-electron chi connectivity index (χ4n) is 2.31. The van der Waals surface area contributed by atoms with Gasteiger partial charge in [-0.15, -0.1) is 12.4 Å². The molecule has 0 aliphatic carbocycles. The van der Waals surface area contributed by atoms with Crippen LogP contribution in [0.5, 0.6) is 0 Å². The first kappa shape index (κ1) is 23.4. The van der Waals surface area contributed by atoms with Crippen molar-refractivity contribution in [1.82, 2.24) is 5.32 Å². The first-order valence-corrected chi connectivity index (χ1v) is 8.60. The highest BCUT2D eigenvalue weighted by Crippen LogP contribution is 2.28. The van der Waals surface area contributed by atoms with Crippen LogP contribution in [-0.2, 0) is 9.59 Å². The van der Waals surface area contributed by atoms with E-state index in [-0.39, 0.29) is 36.7 Å². The van der Waals surface area contributed by atoms with Gasteiger partial charge in [-0.05, 0) is 34.9 Å². The average molecular weight is 370 g/mol. The lowest BCUT2D eigenvalue weighted by Gasteiger charge is -2.18. The van der Waals surface area contributed by atoms with Crippen LogP contribution < -0.4 is 16.4 Å². The highest BCUT2D eigenvalue weighted by Gasteiger charge is 2.18. The SMILES string of the molecule is CC(C)c1ccc(NC(=O)CNC(=O)[C@@H](N)C(C)C)c(C(C)C)c1.Cl. The standard InChI is InChI=1S/C19H31N3O2.ClH/c1-11(2)14-7-8-16(15(9-14)12(3)4)22-17(23)10-21-19(24)18(20)13(5)6;/h7-9,11-13,18H,10,20H2,1-6H3,(H,21,24)(H,22,23);1H/t18-;/m0./s1. The zero-order chi connectivity index (χ0) is 18.4. The molecule has 0 spiro atoms. The van der Waals surface area contributed by atoms with Crippen molar-refractivity contribution >= 4 is 29.9 Å². The second kappa shape index (κ2) is 10.4. The van der Waals surface area contributed by atoms with Gasteiger partial charge in [0.15, 0.2) is 0 Å². The van der Waals surface area contributed by atoms with Crippen molar-refractivity contribution in [2.75, 3.05) is 11.9 Å². The summed E-state index contributed by atoms with van der Waals surface area (Å²) in [7, 11) is 0. The average Bonchev–Trinajstić information content (AvgIpc) is 2.51. The molecule has 0 heterocycles. The maximum atomic E-state index is 12.1. The van der Waals surface area contributed by atoms with Crippen molar-refractivity contribution in [2.24, 2.45) is 11.7 Å². The van der Waals surface area contributed by atoms with E-state index in [9.17, 15) is 9.59 Å². The summed E-state index contributed by atoms with van der Waals surface area (Å²) in [6.07, 6.45) is 0. The highest BCUT2D eigenvalue weighted by atomic mass is 35.5. The molecule has 1 atom stereocenters. The third-order valence-corrected chi connectivity index (χ3v) is 4.08. The van der Waals surface area contributed by atoms with Crippen molar-refractivity contribution in [3.63, 3.8) is 0 Å². The third-order valence-electron chi connectivity index (χ3n) is 4.08. The molecule has 4 N–H and O–H groups in total. The number of nitrogens with two attached hydrogens (primary N) is 1. The maximum absolute atomic E-state index is 12.1. The van der Waals surface area contributed by atoms with Gasteiger partial charge in [0.25, 0.3) is 0 Å². The van der Waals surface area contributed by atoms with Gasteiger partial charge in [-0.1, -0.05) is 53.7 Å². The van der Waals surface area contributed by atoms with E-state index >= 15 is 0 Å². The molecule has 0 unspecified atom stereocenters. The normalized spacial score (nSPS) is 12.1. The third kappa shape index (κ3) is 7.04. The minimum atomic E-state index is -0.602. The number of anilines is 1. The van der Waals surface area contributed by atoms with Crippen LogP contribution in [0.25, 0.3) is 0 Å². The number of amides is 2. The van der Waals surface area contributed by atoms with Crippen molar-refractivity contribution in [2.45, 2.75) is 59.4 Å². The van der Waals surface area contributed by atoms with Crippen LogP contribution in [0.3, 0.4) is 0 Å². The monoisotopic (exact) mass is 369 g/mol. The molecule has 0 aliphatic heterocycles. The fourth-order valence-corrected chi connectivity index (χ4v) is 2.31. The largest absolute Gasteiger partial charge is 0.346 e. The van der Waals surface area contributed by atoms with Crippen LogP contribution in [0.15, 0.2) is 18.2 Å². The maximum Gasteiger partial charge on any atom is 0.243 e. The van der Waals surface area contributed by atoms with Gasteiger partial charge in [0.05, 0.1) is 12.6 Å². The molecule has 0 aliphatic rings. The molecular weight excluding hydrogens is 338 g/mol.